The third-order valence-corrected chi connectivity index (χ3v) is 5.74. The van der Waals surface area contributed by atoms with Crippen molar-refractivity contribution >= 4 is 5.96 Å². The first kappa shape index (κ1) is 19.2. The molecule has 3 heterocycles. The largest absolute Gasteiger partial charge is 0.356 e. The highest BCUT2D eigenvalue weighted by Gasteiger charge is 2.28. The number of benzene rings is 1. The Morgan fingerprint density at radius 3 is 2.76 bits per heavy atom. The summed E-state index contributed by atoms with van der Waals surface area (Å²) in [7, 11) is 1.87. The number of nitrogens with zero attached hydrogens (tertiary/aromatic N) is 6. The summed E-state index contributed by atoms with van der Waals surface area (Å²) in [5.41, 5.74) is 2.38. The quantitative estimate of drug-likeness (QED) is 0.537. The van der Waals surface area contributed by atoms with Crippen LogP contribution in [0.1, 0.15) is 24.9 Å². The van der Waals surface area contributed by atoms with Crippen molar-refractivity contribution in [1.82, 2.24) is 29.5 Å². The molecule has 3 aromatic rings. The Morgan fingerprint density at radius 2 is 2.07 bits per heavy atom. The van der Waals surface area contributed by atoms with Gasteiger partial charge in [-0.3, -0.25) is 4.99 Å². The normalized spacial score (nSPS) is 20.1. The predicted molar refractivity (Wildman–Crippen MR) is 115 cm³/mol. The molecular weight excluding hydrogens is 362 g/mol. The van der Waals surface area contributed by atoms with Crippen molar-refractivity contribution in [3.05, 3.63) is 67.0 Å². The number of rotatable bonds is 5. The Kier molecular flexibility index (Phi) is 5.93. The predicted octanol–water partition coefficient (Wildman–Crippen LogP) is 2.77. The number of likely N-dealkylation sites (tertiary alicyclic amines) is 1. The third-order valence-electron chi connectivity index (χ3n) is 5.74. The van der Waals surface area contributed by atoms with Gasteiger partial charge in [0.25, 0.3) is 0 Å². The molecule has 1 fully saturated rings. The van der Waals surface area contributed by atoms with E-state index < -0.39 is 0 Å². The second-order valence-corrected chi connectivity index (χ2v) is 7.63. The van der Waals surface area contributed by atoms with Crippen molar-refractivity contribution in [3.8, 4) is 5.69 Å². The van der Waals surface area contributed by atoms with Gasteiger partial charge >= 0.3 is 0 Å². The maximum Gasteiger partial charge on any atom is 0.193 e. The maximum atomic E-state index is 4.53. The van der Waals surface area contributed by atoms with E-state index in [0.29, 0.717) is 12.0 Å². The van der Waals surface area contributed by atoms with Crippen molar-refractivity contribution < 1.29 is 0 Å². The topological polar surface area (TPSA) is 63.3 Å². The van der Waals surface area contributed by atoms with Crippen molar-refractivity contribution in [1.29, 1.82) is 0 Å². The number of nitrogens with one attached hydrogen (secondary N) is 1. The second-order valence-electron chi connectivity index (χ2n) is 7.63. The van der Waals surface area contributed by atoms with Crippen LogP contribution < -0.4 is 5.32 Å². The summed E-state index contributed by atoms with van der Waals surface area (Å²) in [4.78, 5) is 11.1. The second kappa shape index (κ2) is 8.94. The molecule has 29 heavy (non-hydrogen) atoms. The van der Waals surface area contributed by atoms with Gasteiger partial charge in [0.1, 0.15) is 0 Å². The summed E-state index contributed by atoms with van der Waals surface area (Å²) in [6.45, 7) is 5.17. The van der Waals surface area contributed by atoms with Crippen LogP contribution >= 0.6 is 0 Å². The fourth-order valence-electron chi connectivity index (χ4n) is 3.98. The first-order chi connectivity index (χ1) is 14.2. The molecule has 2 aromatic heterocycles. The minimum atomic E-state index is 0.430. The summed E-state index contributed by atoms with van der Waals surface area (Å²) in [6.07, 6.45) is 11.7. The Labute approximate surface area is 172 Å². The molecular formula is C22H29N7. The van der Waals surface area contributed by atoms with Crippen LogP contribution in [0.15, 0.2) is 66.4 Å². The zero-order valence-electron chi connectivity index (χ0n) is 17.1. The van der Waals surface area contributed by atoms with Gasteiger partial charge < -0.3 is 14.8 Å². The summed E-state index contributed by atoms with van der Waals surface area (Å²) < 4.78 is 4.10. The van der Waals surface area contributed by atoms with Gasteiger partial charge in [0.2, 0.25) is 0 Å². The first-order valence-corrected chi connectivity index (χ1v) is 10.3. The molecule has 1 saturated heterocycles. The Bertz CT molecular complexity index is 897. The van der Waals surface area contributed by atoms with Crippen LogP contribution in [0.3, 0.4) is 0 Å². The molecule has 2 unspecified atom stereocenters. The number of aromatic nitrogens is 4. The highest BCUT2D eigenvalue weighted by atomic mass is 15.3. The van der Waals surface area contributed by atoms with E-state index in [0.717, 1.165) is 44.1 Å². The third kappa shape index (κ3) is 4.50. The molecule has 7 heteroatoms. The fraction of sp³-hybridized carbons (Fsp3) is 0.409. The van der Waals surface area contributed by atoms with Crippen LogP contribution in [0.5, 0.6) is 0 Å². The zero-order chi connectivity index (χ0) is 20.1. The highest BCUT2D eigenvalue weighted by Crippen LogP contribution is 2.27. The van der Waals surface area contributed by atoms with Crippen LogP contribution in [-0.2, 0) is 6.42 Å². The lowest BCUT2D eigenvalue weighted by molar-refractivity contribution is 0.189. The summed E-state index contributed by atoms with van der Waals surface area (Å²) in [5, 5.41) is 7.82. The molecule has 0 amide bonds. The van der Waals surface area contributed by atoms with Gasteiger partial charge in [-0.05, 0) is 42.5 Å². The fourth-order valence-corrected chi connectivity index (χ4v) is 3.98. The molecule has 2 atom stereocenters. The van der Waals surface area contributed by atoms with E-state index in [1.807, 2.05) is 36.5 Å². The molecule has 0 aliphatic carbocycles. The van der Waals surface area contributed by atoms with E-state index >= 15 is 0 Å². The van der Waals surface area contributed by atoms with Crippen LogP contribution in [-0.4, -0.2) is 56.9 Å². The van der Waals surface area contributed by atoms with Crippen LogP contribution in [0.4, 0.5) is 0 Å². The molecule has 0 spiro atoms. The Morgan fingerprint density at radius 1 is 1.21 bits per heavy atom. The summed E-state index contributed by atoms with van der Waals surface area (Å²) in [6, 6.07) is 10.9. The smallest absolute Gasteiger partial charge is 0.193 e. The molecule has 4 rings (SSSR count). The van der Waals surface area contributed by atoms with E-state index in [4.69, 9.17) is 0 Å². The summed E-state index contributed by atoms with van der Waals surface area (Å²) >= 11 is 0. The lowest BCUT2D eigenvalue weighted by atomic mass is 9.93. The number of hydrogen-bond acceptors (Lipinski definition) is 3. The van der Waals surface area contributed by atoms with Gasteiger partial charge in [-0.2, -0.15) is 5.10 Å². The van der Waals surface area contributed by atoms with E-state index in [1.54, 1.807) is 6.20 Å². The van der Waals surface area contributed by atoms with E-state index in [1.165, 1.54) is 5.56 Å². The van der Waals surface area contributed by atoms with E-state index in [-0.39, 0.29) is 0 Å². The molecule has 0 radical (unpaired) electrons. The number of guanidine groups is 1. The number of aliphatic imine (C=N–C) groups is 1. The number of hydrogen-bond donors (Lipinski definition) is 1. The van der Waals surface area contributed by atoms with Crippen molar-refractivity contribution in [2.24, 2.45) is 10.9 Å². The standard InChI is InChI=1S/C22H29N7/c1-18-9-14-27(16-21(18)28-15-12-24-17-28)22(23-2)25-11-8-19-4-6-20(7-5-19)29-13-3-10-26-29/h3-7,10,12-13,15,17-18,21H,8-9,11,14,16H2,1-2H3,(H,23,25). The Balaban J connectivity index is 1.31. The first-order valence-electron chi connectivity index (χ1n) is 10.3. The molecule has 0 bridgehead atoms. The average molecular weight is 392 g/mol. The molecule has 152 valence electrons. The van der Waals surface area contributed by atoms with Crippen LogP contribution in [0.25, 0.3) is 5.69 Å². The number of piperidine rings is 1. The van der Waals surface area contributed by atoms with Crippen LogP contribution in [0.2, 0.25) is 0 Å². The summed E-state index contributed by atoms with van der Waals surface area (Å²) in [5.74, 6) is 1.61. The maximum absolute atomic E-state index is 4.53. The number of imidazole rings is 1. The SMILES string of the molecule is CN=C(NCCc1ccc(-n2cccn2)cc1)N1CCC(C)C(n2ccnc2)C1. The van der Waals surface area contributed by atoms with Crippen molar-refractivity contribution in [3.63, 3.8) is 0 Å². The average Bonchev–Trinajstić information content (AvgIpc) is 3.47. The Hall–Kier alpha value is -3.09. The van der Waals surface area contributed by atoms with Gasteiger partial charge in [-0.15, -0.1) is 0 Å². The van der Waals surface area contributed by atoms with E-state index in [9.17, 15) is 0 Å². The molecule has 0 saturated carbocycles. The monoisotopic (exact) mass is 391 g/mol. The van der Waals surface area contributed by atoms with Gasteiger partial charge in [-0.25, -0.2) is 9.67 Å². The van der Waals surface area contributed by atoms with Crippen molar-refractivity contribution in [2.45, 2.75) is 25.8 Å². The molecule has 1 N–H and O–H groups in total. The minimum Gasteiger partial charge on any atom is -0.356 e. The zero-order valence-corrected chi connectivity index (χ0v) is 17.1. The minimum absolute atomic E-state index is 0.430. The molecule has 1 aliphatic heterocycles. The molecule has 1 aromatic carbocycles. The van der Waals surface area contributed by atoms with E-state index in [2.05, 4.69) is 67.2 Å². The van der Waals surface area contributed by atoms with Crippen molar-refractivity contribution in [2.75, 3.05) is 26.7 Å². The van der Waals surface area contributed by atoms with Gasteiger partial charge in [0.05, 0.1) is 18.1 Å². The van der Waals surface area contributed by atoms with Crippen LogP contribution in [0, 0.1) is 5.92 Å². The highest BCUT2D eigenvalue weighted by molar-refractivity contribution is 5.80. The lowest BCUT2D eigenvalue weighted by Crippen LogP contribution is -2.49. The molecule has 1 aliphatic rings. The lowest BCUT2D eigenvalue weighted by Gasteiger charge is -2.39. The van der Waals surface area contributed by atoms with Gasteiger partial charge in [0.15, 0.2) is 5.96 Å². The van der Waals surface area contributed by atoms with Gasteiger partial charge in [0, 0.05) is 51.5 Å². The van der Waals surface area contributed by atoms with Gasteiger partial charge in [-0.1, -0.05) is 19.1 Å². The molecule has 7 nitrogen and oxygen atoms in total.